The molecule has 0 unspecified atom stereocenters. The van der Waals surface area contributed by atoms with Gasteiger partial charge in [-0.25, -0.2) is 4.39 Å². The fourth-order valence-corrected chi connectivity index (χ4v) is 2.64. The van der Waals surface area contributed by atoms with Crippen LogP contribution < -0.4 is 10.9 Å². The minimum absolute atomic E-state index is 0.0435. The lowest BCUT2D eigenvalue weighted by Gasteiger charge is -2.09. The van der Waals surface area contributed by atoms with Crippen LogP contribution in [-0.4, -0.2) is 10.5 Å². The van der Waals surface area contributed by atoms with Gasteiger partial charge in [-0.15, -0.1) is 0 Å². The predicted molar refractivity (Wildman–Crippen MR) is 100.0 cm³/mol. The SMILES string of the molecule is CCc1ccc(Cn2cccc(C(=O)Nc3ccc(F)cc3)c2=O)cc1. The Kier molecular flexibility index (Phi) is 5.27. The molecule has 0 saturated heterocycles. The van der Waals surface area contributed by atoms with Gasteiger partial charge in [-0.05, 0) is 53.9 Å². The topological polar surface area (TPSA) is 51.1 Å². The molecule has 0 aliphatic heterocycles. The molecule has 4 nitrogen and oxygen atoms in total. The molecule has 5 heteroatoms. The molecule has 3 aromatic rings. The van der Waals surface area contributed by atoms with Crippen LogP contribution in [-0.2, 0) is 13.0 Å². The number of aromatic nitrogens is 1. The summed E-state index contributed by atoms with van der Waals surface area (Å²) in [4.78, 5) is 25.0. The second kappa shape index (κ2) is 7.78. The van der Waals surface area contributed by atoms with Gasteiger partial charge < -0.3 is 9.88 Å². The minimum Gasteiger partial charge on any atom is -0.322 e. The number of hydrogen-bond donors (Lipinski definition) is 1. The summed E-state index contributed by atoms with van der Waals surface area (Å²) >= 11 is 0. The van der Waals surface area contributed by atoms with E-state index in [0.717, 1.165) is 12.0 Å². The molecule has 1 heterocycles. The van der Waals surface area contributed by atoms with Crippen molar-refractivity contribution in [3.63, 3.8) is 0 Å². The molecule has 0 spiro atoms. The van der Waals surface area contributed by atoms with Gasteiger partial charge in [0.2, 0.25) is 0 Å². The molecule has 0 aliphatic carbocycles. The van der Waals surface area contributed by atoms with E-state index in [4.69, 9.17) is 0 Å². The zero-order valence-corrected chi connectivity index (χ0v) is 14.4. The number of aryl methyl sites for hydroxylation is 1. The first-order valence-electron chi connectivity index (χ1n) is 8.41. The maximum atomic E-state index is 13.0. The molecule has 0 bridgehead atoms. The van der Waals surface area contributed by atoms with Crippen molar-refractivity contribution >= 4 is 11.6 Å². The van der Waals surface area contributed by atoms with E-state index in [0.29, 0.717) is 12.2 Å². The summed E-state index contributed by atoms with van der Waals surface area (Å²) in [6.07, 6.45) is 2.62. The van der Waals surface area contributed by atoms with E-state index in [2.05, 4.69) is 12.2 Å². The Labute approximate surface area is 150 Å². The molecule has 3 rings (SSSR count). The van der Waals surface area contributed by atoms with Crippen LogP contribution in [0.3, 0.4) is 0 Å². The van der Waals surface area contributed by atoms with E-state index < -0.39 is 5.91 Å². The number of anilines is 1. The molecule has 0 saturated carbocycles. The molecular weight excluding hydrogens is 331 g/mol. The predicted octanol–water partition coefficient (Wildman–Crippen LogP) is 3.85. The Morgan fingerprint density at radius 2 is 1.65 bits per heavy atom. The van der Waals surface area contributed by atoms with Crippen LogP contribution >= 0.6 is 0 Å². The molecule has 1 N–H and O–H groups in total. The van der Waals surface area contributed by atoms with Crippen LogP contribution in [0.25, 0.3) is 0 Å². The van der Waals surface area contributed by atoms with E-state index in [1.807, 2.05) is 24.3 Å². The van der Waals surface area contributed by atoms with E-state index >= 15 is 0 Å². The number of benzene rings is 2. The Bertz CT molecular complexity index is 961. The highest BCUT2D eigenvalue weighted by Gasteiger charge is 2.12. The summed E-state index contributed by atoms with van der Waals surface area (Å²) in [5, 5.41) is 2.61. The second-order valence-corrected chi connectivity index (χ2v) is 5.99. The number of carbonyl (C=O) groups is 1. The first-order valence-corrected chi connectivity index (χ1v) is 8.41. The highest BCUT2D eigenvalue weighted by molar-refractivity contribution is 6.03. The Balaban J connectivity index is 1.80. The lowest BCUT2D eigenvalue weighted by molar-refractivity contribution is 0.102. The maximum absolute atomic E-state index is 13.0. The molecule has 0 atom stereocenters. The summed E-state index contributed by atoms with van der Waals surface area (Å²) in [5.74, 6) is -0.906. The number of pyridine rings is 1. The van der Waals surface area contributed by atoms with Crippen LogP contribution in [0.15, 0.2) is 71.7 Å². The number of rotatable bonds is 5. The molecule has 0 aliphatic rings. The van der Waals surface area contributed by atoms with Gasteiger partial charge in [0.1, 0.15) is 11.4 Å². The summed E-state index contributed by atoms with van der Waals surface area (Å²) in [6.45, 7) is 2.48. The Morgan fingerprint density at radius 3 is 2.31 bits per heavy atom. The summed E-state index contributed by atoms with van der Waals surface area (Å²) in [6, 6.07) is 16.6. The van der Waals surface area contributed by atoms with Crippen LogP contribution in [0.4, 0.5) is 10.1 Å². The van der Waals surface area contributed by atoms with Gasteiger partial charge in [0.15, 0.2) is 0 Å². The molecule has 1 aromatic heterocycles. The van der Waals surface area contributed by atoms with Crippen LogP contribution in [0, 0.1) is 5.82 Å². The summed E-state index contributed by atoms with van der Waals surface area (Å²) in [5.41, 5.74) is 2.32. The average molecular weight is 350 g/mol. The smallest absolute Gasteiger partial charge is 0.263 e. The lowest BCUT2D eigenvalue weighted by atomic mass is 10.1. The molecular formula is C21H19FN2O2. The van der Waals surface area contributed by atoms with Crippen LogP contribution in [0.5, 0.6) is 0 Å². The molecule has 0 radical (unpaired) electrons. The number of nitrogens with one attached hydrogen (secondary N) is 1. The number of halogens is 1. The average Bonchev–Trinajstić information content (AvgIpc) is 2.66. The third kappa shape index (κ3) is 4.06. The maximum Gasteiger partial charge on any atom is 0.263 e. The van der Waals surface area contributed by atoms with Gasteiger partial charge in [-0.3, -0.25) is 9.59 Å². The third-order valence-electron chi connectivity index (χ3n) is 4.15. The van der Waals surface area contributed by atoms with Gasteiger partial charge in [0.05, 0.1) is 6.54 Å². The minimum atomic E-state index is -0.516. The lowest BCUT2D eigenvalue weighted by Crippen LogP contribution is -2.29. The highest BCUT2D eigenvalue weighted by Crippen LogP contribution is 2.10. The van der Waals surface area contributed by atoms with Crippen LogP contribution in [0.1, 0.15) is 28.4 Å². The van der Waals surface area contributed by atoms with Crippen LogP contribution in [0.2, 0.25) is 0 Å². The fraction of sp³-hybridized carbons (Fsp3) is 0.143. The number of hydrogen-bond acceptors (Lipinski definition) is 2. The van der Waals surface area contributed by atoms with Crippen molar-refractivity contribution in [1.82, 2.24) is 4.57 Å². The van der Waals surface area contributed by atoms with Crippen molar-refractivity contribution in [3.05, 3.63) is 99.7 Å². The molecule has 1 amide bonds. The van der Waals surface area contributed by atoms with Gasteiger partial charge in [0, 0.05) is 11.9 Å². The van der Waals surface area contributed by atoms with E-state index in [-0.39, 0.29) is 16.9 Å². The van der Waals surface area contributed by atoms with Crippen molar-refractivity contribution in [2.45, 2.75) is 19.9 Å². The van der Waals surface area contributed by atoms with E-state index in [1.165, 1.54) is 40.5 Å². The summed E-state index contributed by atoms with van der Waals surface area (Å²) in [7, 11) is 0. The zero-order chi connectivity index (χ0) is 18.5. The molecule has 2 aromatic carbocycles. The number of amides is 1. The van der Waals surface area contributed by atoms with Gasteiger partial charge in [-0.1, -0.05) is 31.2 Å². The van der Waals surface area contributed by atoms with Gasteiger partial charge in [0.25, 0.3) is 11.5 Å². The normalized spacial score (nSPS) is 10.5. The van der Waals surface area contributed by atoms with Crippen molar-refractivity contribution in [3.8, 4) is 0 Å². The summed E-state index contributed by atoms with van der Waals surface area (Å²) < 4.78 is 14.5. The van der Waals surface area contributed by atoms with Gasteiger partial charge >= 0.3 is 0 Å². The first-order chi connectivity index (χ1) is 12.6. The quantitative estimate of drug-likeness (QED) is 0.760. The fourth-order valence-electron chi connectivity index (χ4n) is 2.64. The van der Waals surface area contributed by atoms with E-state index in [1.54, 1.807) is 12.3 Å². The Hall–Kier alpha value is -3.21. The molecule has 132 valence electrons. The molecule has 0 fully saturated rings. The monoisotopic (exact) mass is 350 g/mol. The largest absolute Gasteiger partial charge is 0.322 e. The van der Waals surface area contributed by atoms with Crippen molar-refractivity contribution in [1.29, 1.82) is 0 Å². The van der Waals surface area contributed by atoms with E-state index in [9.17, 15) is 14.0 Å². The zero-order valence-electron chi connectivity index (χ0n) is 14.4. The van der Waals surface area contributed by atoms with Crippen molar-refractivity contribution in [2.75, 3.05) is 5.32 Å². The number of carbonyl (C=O) groups excluding carboxylic acids is 1. The first kappa shape index (κ1) is 17.6. The molecule has 26 heavy (non-hydrogen) atoms. The van der Waals surface area contributed by atoms with Gasteiger partial charge in [-0.2, -0.15) is 0 Å². The number of nitrogens with zero attached hydrogens (tertiary/aromatic N) is 1. The highest BCUT2D eigenvalue weighted by atomic mass is 19.1. The Morgan fingerprint density at radius 1 is 1.00 bits per heavy atom. The second-order valence-electron chi connectivity index (χ2n) is 5.99. The standard InChI is InChI=1S/C21H19FN2O2/c1-2-15-5-7-16(8-6-15)14-24-13-3-4-19(21(24)26)20(25)23-18-11-9-17(22)10-12-18/h3-13H,2,14H2,1H3,(H,23,25). The third-order valence-corrected chi connectivity index (χ3v) is 4.15. The van der Waals surface area contributed by atoms with Crippen molar-refractivity contribution < 1.29 is 9.18 Å². The van der Waals surface area contributed by atoms with Crippen molar-refractivity contribution in [2.24, 2.45) is 0 Å².